The number of hydrogen-bond acceptors (Lipinski definition) is 3. The average molecular weight is 315 g/mol. The molecular weight excluding hydrogens is 304 g/mol. The highest BCUT2D eigenvalue weighted by molar-refractivity contribution is 5.85. The number of oxime groups is 1. The number of nitrogens with zero attached hydrogens (tertiary/aromatic N) is 3. The Morgan fingerprint density at radius 3 is 2.55 bits per heavy atom. The third-order valence-corrected chi connectivity index (χ3v) is 2.08. The highest BCUT2D eigenvalue weighted by Gasteiger charge is 2.02. The van der Waals surface area contributed by atoms with E-state index in [9.17, 15) is 4.39 Å². The minimum absolute atomic E-state index is 0. The van der Waals surface area contributed by atoms with Crippen molar-refractivity contribution in [3.05, 3.63) is 59.9 Å². The van der Waals surface area contributed by atoms with Crippen molar-refractivity contribution in [2.45, 2.75) is 0 Å². The summed E-state index contributed by atoms with van der Waals surface area (Å²) in [7, 11) is 0. The molecule has 0 spiro atoms. The Balaban J connectivity index is 0.00000180. The molecule has 2 heterocycles. The number of hydrogen-bond donors (Lipinski definition) is 1. The van der Waals surface area contributed by atoms with E-state index in [0.717, 1.165) is 6.21 Å². The smallest absolute Gasteiger partial charge is 0.235 e. The Labute approximate surface area is 127 Å². The van der Waals surface area contributed by atoms with E-state index < -0.39 is 5.82 Å². The first-order valence-corrected chi connectivity index (χ1v) is 5.12. The third kappa shape index (κ3) is 4.84. The van der Waals surface area contributed by atoms with E-state index in [-0.39, 0.29) is 30.5 Å². The van der Waals surface area contributed by atoms with Crippen LogP contribution in [-0.4, -0.2) is 16.4 Å². The van der Waals surface area contributed by atoms with Crippen LogP contribution in [0.1, 0.15) is 11.4 Å². The molecule has 0 aliphatic heterocycles. The van der Waals surface area contributed by atoms with Gasteiger partial charge in [0.2, 0.25) is 6.04 Å². The van der Waals surface area contributed by atoms with Crippen molar-refractivity contribution in [3.8, 4) is 12.0 Å². The molecular formula is C13H11Cl2FN3O+. The lowest BCUT2D eigenvalue weighted by Gasteiger charge is -1.94. The molecule has 104 valence electrons. The summed E-state index contributed by atoms with van der Waals surface area (Å²) in [6, 6.07) is 11.1. The highest BCUT2D eigenvalue weighted by atomic mass is 35.5. The minimum Gasteiger partial charge on any atom is -0.411 e. The molecule has 0 saturated carbocycles. The Bertz CT molecular complexity index is 639. The zero-order valence-corrected chi connectivity index (χ0v) is 11.7. The zero-order valence-electron chi connectivity index (χ0n) is 10.1. The van der Waals surface area contributed by atoms with Gasteiger partial charge >= 0.3 is 0 Å². The molecule has 0 bridgehead atoms. The Morgan fingerprint density at radius 1 is 1.20 bits per heavy atom. The summed E-state index contributed by atoms with van der Waals surface area (Å²) in [6.07, 6.45) is 4.50. The van der Waals surface area contributed by atoms with Crippen LogP contribution in [0.15, 0.2) is 47.9 Å². The van der Waals surface area contributed by atoms with Crippen molar-refractivity contribution in [3.63, 3.8) is 0 Å². The summed E-state index contributed by atoms with van der Waals surface area (Å²) < 4.78 is 14.9. The molecule has 0 saturated heterocycles. The second kappa shape index (κ2) is 8.86. The van der Waals surface area contributed by atoms with Gasteiger partial charge in [-0.05, 0) is 12.1 Å². The van der Waals surface area contributed by atoms with E-state index in [0.29, 0.717) is 5.69 Å². The van der Waals surface area contributed by atoms with Gasteiger partial charge < -0.3 is 5.21 Å². The molecule has 0 radical (unpaired) electrons. The van der Waals surface area contributed by atoms with Gasteiger partial charge in [0.1, 0.15) is 11.4 Å². The SMILES string of the molecule is Cl.Cl.O/N=C\c1nc(C#C[n+]2ccccc2)ccc1F. The highest BCUT2D eigenvalue weighted by Crippen LogP contribution is 2.02. The fraction of sp³-hybridized carbons (Fsp3) is 0. The van der Waals surface area contributed by atoms with Gasteiger partial charge in [-0.2, -0.15) is 0 Å². The van der Waals surface area contributed by atoms with E-state index in [1.54, 1.807) is 17.0 Å². The summed E-state index contributed by atoms with van der Waals surface area (Å²) in [5, 5.41) is 11.1. The number of pyridine rings is 2. The van der Waals surface area contributed by atoms with Crippen molar-refractivity contribution in [2.75, 3.05) is 0 Å². The molecule has 7 heteroatoms. The predicted molar refractivity (Wildman–Crippen MR) is 77.0 cm³/mol. The van der Waals surface area contributed by atoms with Crippen molar-refractivity contribution < 1.29 is 14.2 Å². The summed E-state index contributed by atoms with van der Waals surface area (Å²) in [4.78, 5) is 3.91. The van der Waals surface area contributed by atoms with Crippen molar-refractivity contribution >= 4 is 31.0 Å². The van der Waals surface area contributed by atoms with Crippen LogP contribution in [0.4, 0.5) is 4.39 Å². The van der Waals surface area contributed by atoms with Gasteiger partial charge in [0, 0.05) is 18.1 Å². The Morgan fingerprint density at radius 2 is 1.90 bits per heavy atom. The molecule has 2 rings (SSSR count). The molecule has 20 heavy (non-hydrogen) atoms. The largest absolute Gasteiger partial charge is 0.411 e. The summed E-state index contributed by atoms with van der Waals surface area (Å²) >= 11 is 0. The molecule has 2 aromatic heterocycles. The zero-order chi connectivity index (χ0) is 12.8. The van der Waals surface area contributed by atoms with Crippen LogP contribution >= 0.6 is 24.8 Å². The van der Waals surface area contributed by atoms with Gasteiger partial charge in [-0.15, -0.1) is 29.4 Å². The summed E-state index contributed by atoms with van der Waals surface area (Å²) in [5.74, 6) is 2.21. The first kappa shape index (κ1) is 17.8. The first-order valence-electron chi connectivity index (χ1n) is 5.12. The maximum atomic E-state index is 13.2. The molecule has 1 N–H and O–H groups in total. The summed E-state index contributed by atoms with van der Waals surface area (Å²) in [5.41, 5.74) is 0.338. The van der Waals surface area contributed by atoms with Crippen LogP contribution in [0, 0.1) is 17.8 Å². The normalized spacial score (nSPS) is 9.05. The van der Waals surface area contributed by atoms with E-state index in [2.05, 4.69) is 22.1 Å². The van der Waals surface area contributed by atoms with E-state index >= 15 is 0 Å². The van der Waals surface area contributed by atoms with Crippen LogP contribution in [-0.2, 0) is 0 Å². The van der Waals surface area contributed by atoms with E-state index in [1.165, 1.54) is 12.1 Å². The van der Waals surface area contributed by atoms with Crippen LogP contribution in [0.2, 0.25) is 0 Å². The van der Waals surface area contributed by atoms with Gasteiger partial charge in [0.05, 0.1) is 6.21 Å². The van der Waals surface area contributed by atoms with Crippen molar-refractivity contribution in [1.82, 2.24) is 4.98 Å². The Kier molecular flexibility index (Phi) is 7.90. The van der Waals surface area contributed by atoms with Gasteiger partial charge in [0.15, 0.2) is 18.2 Å². The lowest BCUT2D eigenvalue weighted by molar-refractivity contribution is -0.583. The van der Waals surface area contributed by atoms with Gasteiger partial charge in [0.25, 0.3) is 0 Å². The van der Waals surface area contributed by atoms with Gasteiger partial charge in [-0.25, -0.2) is 9.37 Å². The molecule has 4 nitrogen and oxygen atoms in total. The maximum Gasteiger partial charge on any atom is 0.235 e. The molecule has 0 aliphatic carbocycles. The van der Waals surface area contributed by atoms with Gasteiger partial charge in [-0.3, -0.25) is 0 Å². The molecule has 0 amide bonds. The van der Waals surface area contributed by atoms with Crippen LogP contribution < -0.4 is 4.57 Å². The molecule has 0 unspecified atom stereocenters. The molecule has 0 aliphatic rings. The molecule has 2 aromatic rings. The fourth-order valence-electron chi connectivity index (χ4n) is 1.27. The predicted octanol–water partition coefficient (Wildman–Crippen LogP) is 2.02. The third-order valence-electron chi connectivity index (χ3n) is 2.08. The number of halogens is 3. The molecule has 0 atom stereocenters. The monoisotopic (exact) mass is 314 g/mol. The average Bonchev–Trinajstić information content (AvgIpc) is 2.41. The Hall–Kier alpha value is -2.16. The van der Waals surface area contributed by atoms with Crippen molar-refractivity contribution in [2.24, 2.45) is 5.16 Å². The number of rotatable bonds is 1. The van der Waals surface area contributed by atoms with E-state index in [1.807, 2.05) is 18.2 Å². The molecule has 0 fully saturated rings. The first-order chi connectivity index (χ1) is 8.79. The van der Waals surface area contributed by atoms with E-state index in [4.69, 9.17) is 5.21 Å². The maximum absolute atomic E-state index is 13.2. The quantitative estimate of drug-likeness (QED) is 0.288. The second-order valence-corrected chi connectivity index (χ2v) is 3.33. The minimum atomic E-state index is -0.564. The van der Waals surface area contributed by atoms with Crippen LogP contribution in [0.3, 0.4) is 0 Å². The standard InChI is InChI=1S/C13H8FN3O.2ClH/c14-12-5-4-11(16-13(12)10-15-18)6-9-17-7-2-1-3-8-17;;/h1-5,7-8,10H;2*1H/p+1/b15-10-;;. The molecule has 0 aromatic carbocycles. The topological polar surface area (TPSA) is 49.4 Å². The lowest BCUT2D eigenvalue weighted by atomic mass is 10.3. The summed E-state index contributed by atoms with van der Waals surface area (Å²) in [6.45, 7) is 0. The van der Waals surface area contributed by atoms with Crippen LogP contribution in [0.25, 0.3) is 0 Å². The second-order valence-electron chi connectivity index (χ2n) is 3.33. The lowest BCUT2D eigenvalue weighted by Crippen LogP contribution is -2.25. The van der Waals surface area contributed by atoms with Crippen LogP contribution in [0.5, 0.6) is 0 Å². The van der Waals surface area contributed by atoms with Gasteiger partial charge in [-0.1, -0.05) is 11.2 Å². The fourth-order valence-corrected chi connectivity index (χ4v) is 1.27. The van der Waals surface area contributed by atoms with Crippen molar-refractivity contribution in [1.29, 1.82) is 0 Å². The number of aromatic nitrogens is 2.